The van der Waals surface area contributed by atoms with Crippen LogP contribution in [0.5, 0.6) is 0 Å². The first kappa shape index (κ1) is 141. The third-order valence-electron chi connectivity index (χ3n) is 32.9. The second kappa shape index (κ2) is 96.4. The molecule has 0 aromatic carbocycles. The first-order chi connectivity index (χ1) is 72.2. The van der Waals surface area contributed by atoms with Crippen LogP contribution < -0.4 is 0 Å². The molecule has 0 saturated carbocycles. The van der Waals surface area contributed by atoms with Crippen molar-refractivity contribution >= 4 is 29.8 Å². The van der Waals surface area contributed by atoms with Gasteiger partial charge in [-0.05, 0) is 107 Å². The molecule has 876 valence electrons. The molecule has 0 aromatic rings. The van der Waals surface area contributed by atoms with Crippen LogP contribution in [0.15, 0.2) is 34.9 Å². The standard InChI is InChI=1S/C132H246O17/c1-18-23-28-33-38-43-48-53-57-59-64-68-73-78-83-88-93-107(8)98-111(12)102-115(16)129(140)148-125-122(137)123(146-127(138)113(14)100-109(10)96-105(6)91-86-81-76-71-66-62-55-50-45-40-35-30-25-20-3)117(103-133)143-131(125)149-132-126(145-119(134)95-90-85-80-75-70-61-52-47-42-37-32-27-22-5)124(147-128(139)114(15)101-110(11)97-106(7)92-87-82-77-72-67-63-56-51-46-41-36-31-26-21-4)121(136)118(144-132)104-142-130(141)116(17)120(135)112(13)99-108(9)94-89-84-79-74-69-65-60-58-54-49-44-39-34-29-24-19-2/h100-102,105-112,116-118,120-126,131-133,135-137H,18-99,103-104H2,1-17H3/b113-100+,114-101+,115-102+/t105-,106-,107-,108-,109-,110-,111-,112-,116-,117?,118?,120-,121+,122?,123+,124?,125-,126+,131+,132+/m0/s1. The summed E-state index contributed by atoms with van der Waals surface area (Å²) in [5.74, 6) is -3.89. The van der Waals surface area contributed by atoms with Crippen LogP contribution in [-0.4, -0.2) is 131 Å². The number of aliphatic hydroxyl groups excluding tert-OH is 4. The fraction of sp³-hybridized carbons (Fsp3) is 0.917. The lowest BCUT2D eigenvalue weighted by Gasteiger charge is -2.47. The van der Waals surface area contributed by atoms with E-state index in [-0.39, 0.29) is 46.8 Å². The number of carbonyl (C=O) groups is 5. The van der Waals surface area contributed by atoms with Crippen LogP contribution in [0.1, 0.15) is 644 Å². The average Bonchev–Trinajstić information content (AvgIpc) is 0.768. The van der Waals surface area contributed by atoms with E-state index in [1.807, 2.05) is 25.2 Å². The molecule has 2 heterocycles. The van der Waals surface area contributed by atoms with Gasteiger partial charge < -0.3 is 58.3 Å². The summed E-state index contributed by atoms with van der Waals surface area (Å²) in [4.78, 5) is 74.3. The monoisotopic (exact) mass is 2100 g/mol. The van der Waals surface area contributed by atoms with Crippen molar-refractivity contribution in [3.05, 3.63) is 34.9 Å². The van der Waals surface area contributed by atoms with Gasteiger partial charge in [0, 0.05) is 23.1 Å². The topological polar surface area (TPSA) is 240 Å². The van der Waals surface area contributed by atoms with E-state index in [9.17, 15) is 34.8 Å². The zero-order valence-electron chi connectivity index (χ0n) is 101. The molecule has 2 aliphatic rings. The molecule has 2 aliphatic heterocycles. The number of unbranched alkanes of at least 4 members (excludes halogenated alkanes) is 68. The van der Waals surface area contributed by atoms with Gasteiger partial charge in [-0.25, -0.2) is 14.4 Å². The van der Waals surface area contributed by atoms with Crippen LogP contribution in [0.4, 0.5) is 0 Å². The van der Waals surface area contributed by atoms with Crippen LogP contribution >= 0.6 is 0 Å². The number of allylic oxidation sites excluding steroid dienone is 3. The van der Waals surface area contributed by atoms with Crippen molar-refractivity contribution in [1.29, 1.82) is 0 Å². The smallest absolute Gasteiger partial charge is 0.333 e. The molecule has 0 aliphatic carbocycles. The quantitative estimate of drug-likeness (QED) is 0.0192. The number of hydrogen-bond acceptors (Lipinski definition) is 17. The van der Waals surface area contributed by atoms with Crippen LogP contribution in [0.25, 0.3) is 0 Å². The Balaban J connectivity index is 2.70. The summed E-state index contributed by atoms with van der Waals surface area (Å²) in [7, 11) is 0. The maximum atomic E-state index is 15.1. The molecule has 149 heavy (non-hydrogen) atoms. The lowest BCUT2D eigenvalue weighted by atomic mass is 9.85. The predicted molar refractivity (Wildman–Crippen MR) is 625 cm³/mol. The lowest BCUT2D eigenvalue weighted by molar-refractivity contribution is -0.377. The molecule has 2 fully saturated rings. The summed E-state index contributed by atoms with van der Waals surface area (Å²) in [6.07, 6.45) is 86.4. The number of aliphatic hydroxyl groups is 4. The van der Waals surface area contributed by atoms with E-state index < -0.39 is 116 Å². The Bertz CT molecular complexity index is 3210. The Morgan fingerprint density at radius 2 is 0.517 bits per heavy atom. The third-order valence-corrected chi connectivity index (χ3v) is 32.9. The van der Waals surface area contributed by atoms with Crippen LogP contribution in [-0.2, 0) is 61.9 Å². The van der Waals surface area contributed by atoms with E-state index in [2.05, 4.69) is 83.1 Å². The van der Waals surface area contributed by atoms with E-state index in [1.165, 1.54) is 398 Å². The zero-order chi connectivity index (χ0) is 109. The highest BCUT2D eigenvalue weighted by atomic mass is 16.8. The number of carbonyl (C=O) groups excluding carboxylic acids is 5. The molecule has 20 atom stereocenters. The second-order valence-electron chi connectivity index (χ2n) is 48.6. The SMILES string of the molecule is CCCCCCCCCCCCCCCCCC[C@H](C)C[C@H](C)/C=C(\C)C(=O)O[C@H]1C(O)[C@H](OC(=O)/C(C)=C/[C@@H](C)C[C@@H](C)CCCCCCCCCCCCCCCC)C(CO)O[C@@H]1O[C@H]1OC(COC(=O)[C@@H](C)[C@@H](O)[C@@H](C)C[C@@H](C)CCCCCCCCCCCCCCCCCC)[C@@H](O)C(OC(=O)/C(C)=C/[C@@H](C)C[C@@H](C)CCCCCCCCCCCCCCCC)[C@H]1OC(=O)CCCCCCCCCCCCCCC. The molecule has 0 spiro atoms. The highest BCUT2D eigenvalue weighted by molar-refractivity contribution is 5.89. The van der Waals surface area contributed by atoms with E-state index in [4.69, 9.17) is 37.9 Å². The van der Waals surface area contributed by atoms with Gasteiger partial charge in [0.15, 0.2) is 24.4 Å². The summed E-state index contributed by atoms with van der Waals surface area (Å²) in [6.45, 7) is 33.6. The van der Waals surface area contributed by atoms with Crippen molar-refractivity contribution in [2.45, 2.75) is 712 Å². The van der Waals surface area contributed by atoms with Crippen molar-refractivity contribution in [3.63, 3.8) is 0 Å². The van der Waals surface area contributed by atoms with Crippen molar-refractivity contribution in [3.8, 4) is 0 Å². The first-order valence-corrected chi connectivity index (χ1v) is 64.8. The van der Waals surface area contributed by atoms with E-state index in [0.717, 1.165) is 109 Å². The van der Waals surface area contributed by atoms with Gasteiger partial charge in [0.05, 0.1) is 18.6 Å². The maximum Gasteiger partial charge on any atom is 0.333 e. The molecule has 2 rings (SSSR count). The van der Waals surface area contributed by atoms with Crippen LogP contribution in [0.2, 0.25) is 0 Å². The molecule has 17 nitrogen and oxygen atoms in total. The fourth-order valence-electron chi connectivity index (χ4n) is 23.3. The van der Waals surface area contributed by atoms with Gasteiger partial charge in [0.1, 0.15) is 31.0 Å². The van der Waals surface area contributed by atoms with Crippen molar-refractivity contribution < 1.29 is 82.3 Å². The van der Waals surface area contributed by atoms with Gasteiger partial charge >= 0.3 is 29.8 Å². The lowest BCUT2D eigenvalue weighted by Crippen LogP contribution is -2.66. The normalized spacial score (nSPS) is 20.4. The molecule has 0 aromatic heterocycles. The molecule has 0 amide bonds. The zero-order valence-corrected chi connectivity index (χ0v) is 101. The van der Waals surface area contributed by atoms with Crippen molar-refractivity contribution in [2.24, 2.45) is 53.3 Å². The van der Waals surface area contributed by atoms with E-state index in [1.54, 1.807) is 27.7 Å². The maximum absolute atomic E-state index is 15.1. The van der Waals surface area contributed by atoms with Gasteiger partial charge in [0.2, 0.25) is 12.6 Å². The van der Waals surface area contributed by atoms with Crippen LogP contribution in [0.3, 0.4) is 0 Å². The summed E-state index contributed by atoms with van der Waals surface area (Å²) in [5.41, 5.74) is 0.768. The molecule has 0 radical (unpaired) electrons. The number of rotatable bonds is 104. The summed E-state index contributed by atoms with van der Waals surface area (Å²) < 4.78 is 52.2. The molecule has 2 saturated heterocycles. The molecule has 4 unspecified atom stereocenters. The Labute approximate surface area is 919 Å². The summed E-state index contributed by atoms with van der Waals surface area (Å²) in [5, 5.41) is 49.6. The largest absolute Gasteiger partial charge is 0.463 e. The van der Waals surface area contributed by atoms with Gasteiger partial charge in [-0.2, -0.15) is 0 Å². The first-order valence-electron chi connectivity index (χ1n) is 64.8. The number of esters is 5. The second-order valence-corrected chi connectivity index (χ2v) is 48.6. The van der Waals surface area contributed by atoms with Gasteiger partial charge in [-0.15, -0.1) is 0 Å². The van der Waals surface area contributed by atoms with Gasteiger partial charge in [-0.3, -0.25) is 9.59 Å². The van der Waals surface area contributed by atoms with E-state index >= 15 is 9.59 Å². The molecular weight excluding hydrogens is 1860 g/mol. The third kappa shape index (κ3) is 74.3. The minimum Gasteiger partial charge on any atom is -0.463 e. The Hall–Kier alpha value is -3.71. The highest BCUT2D eigenvalue weighted by Crippen LogP contribution is 2.38. The predicted octanol–water partition coefficient (Wildman–Crippen LogP) is 37.4. The van der Waals surface area contributed by atoms with Crippen molar-refractivity contribution in [1.82, 2.24) is 0 Å². The summed E-state index contributed by atoms with van der Waals surface area (Å²) in [6, 6.07) is 0. The molecule has 17 heteroatoms. The minimum absolute atomic E-state index is 0.0110. The Kier molecular flexibility index (Phi) is 91.5. The van der Waals surface area contributed by atoms with Crippen LogP contribution in [0, 0.1) is 53.3 Å². The van der Waals surface area contributed by atoms with Gasteiger partial charge in [-0.1, -0.05) is 596 Å². The Morgan fingerprint density at radius 1 is 0.282 bits per heavy atom. The number of ether oxygens (including phenoxy) is 8. The fourth-order valence-corrected chi connectivity index (χ4v) is 23.3. The van der Waals surface area contributed by atoms with Gasteiger partial charge in [0.25, 0.3) is 0 Å². The minimum atomic E-state index is -1.94. The summed E-state index contributed by atoms with van der Waals surface area (Å²) >= 11 is 0. The van der Waals surface area contributed by atoms with Crippen molar-refractivity contribution in [2.75, 3.05) is 13.2 Å². The highest BCUT2D eigenvalue weighted by Gasteiger charge is 2.56. The Morgan fingerprint density at radius 3 is 0.792 bits per heavy atom. The molecule has 0 bridgehead atoms. The number of hydrogen-bond donors (Lipinski definition) is 4. The van der Waals surface area contributed by atoms with E-state index in [0.29, 0.717) is 36.5 Å². The molecular formula is C132H246O17. The molecule has 4 N–H and O–H groups in total. The average molecular weight is 2110 g/mol.